The highest BCUT2D eigenvalue weighted by Gasteiger charge is 2.10. The molecule has 0 bridgehead atoms. The fourth-order valence-corrected chi connectivity index (χ4v) is 1.90. The number of rotatable bonds is 2. The Morgan fingerprint density at radius 3 is 2.65 bits per heavy atom. The number of carbonyl (C=O) groups is 1. The van der Waals surface area contributed by atoms with Gasteiger partial charge in [-0.15, -0.1) is 0 Å². The van der Waals surface area contributed by atoms with Gasteiger partial charge in [0.1, 0.15) is 5.75 Å². The normalized spacial score (nSPS) is 9.85. The van der Waals surface area contributed by atoms with Gasteiger partial charge in [0.25, 0.3) is 5.91 Å². The zero-order chi connectivity index (χ0) is 14.7. The summed E-state index contributed by atoms with van der Waals surface area (Å²) in [6.45, 7) is 1.71. The fourth-order valence-electron chi connectivity index (χ4n) is 1.68. The number of nitrogens with one attached hydrogen (secondary N) is 1. The molecule has 2 aromatic carbocycles. The molecule has 100 valence electrons. The molecule has 1 amide bonds. The third-order valence-electron chi connectivity index (χ3n) is 2.81. The maximum absolute atomic E-state index is 12.1. The highest BCUT2D eigenvalue weighted by molar-refractivity contribution is 6.34. The second kappa shape index (κ2) is 5.64. The Hall–Kier alpha value is -2.51. The molecule has 0 heterocycles. The minimum absolute atomic E-state index is 0.137. The van der Waals surface area contributed by atoms with Crippen LogP contribution in [0.1, 0.15) is 21.5 Å². The van der Waals surface area contributed by atoms with Gasteiger partial charge in [0, 0.05) is 5.56 Å². The Bertz CT molecular complexity index is 720. The molecular weight excluding hydrogens is 276 g/mol. The highest BCUT2D eigenvalue weighted by Crippen LogP contribution is 2.24. The van der Waals surface area contributed by atoms with E-state index in [0.717, 1.165) is 0 Å². The van der Waals surface area contributed by atoms with Crippen LogP contribution >= 0.6 is 11.6 Å². The van der Waals surface area contributed by atoms with Crippen LogP contribution in [-0.2, 0) is 0 Å². The van der Waals surface area contributed by atoms with Crippen LogP contribution in [0.3, 0.4) is 0 Å². The molecule has 20 heavy (non-hydrogen) atoms. The van der Waals surface area contributed by atoms with Crippen molar-refractivity contribution in [1.29, 1.82) is 5.26 Å². The first-order valence-corrected chi connectivity index (χ1v) is 6.19. The Morgan fingerprint density at radius 1 is 1.30 bits per heavy atom. The van der Waals surface area contributed by atoms with Crippen LogP contribution in [0.25, 0.3) is 0 Å². The molecule has 0 aliphatic heterocycles. The van der Waals surface area contributed by atoms with Gasteiger partial charge in [-0.2, -0.15) is 5.26 Å². The Morgan fingerprint density at radius 2 is 2.05 bits per heavy atom. The molecule has 5 heteroatoms. The number of nitriles is 1. The predicted octanol–water partition coefficient (Wildman–Crippen LogP) is 3.48. The van der Waals surface area contributed by atoms with E-state index in [0.29, 0.717) is 27.4 Å². The van der Waals surface area contributed by atoms with E-state index >= 15 is 0 Å². The first-order chi connectivity index (χ1) is 9.51. The van der Waals surface area contributed by atoms with Crippen LogP contribution in [0.2, 0.25) is 5.02 Å². The van der Waals surface area contributed by atoms with E-state index in [2.05, 4.69) is 5.32 Å². The fraction of sp³-hybridized carbons (Fsp3) is 0.0667. The van der Waals surface area contributed by atoms with Crippen molar-refractivity contribution in [2.24, 2.45) is 0 Å². The summed E-state index contributed by atoms with van der Waals surface area (Å²) in [5.74, 6) is -0.197. The van der Waals surface area contributed by atoms with Crippen LogP contribution < -0.4 is 5.32 Å². The van der Waals surface area contributed by atoms with E-state index in [4.69, 9.17) is 16.9 Å². The number of hydrogen-bond donors (Lipinski definition) is 2. The number of benzene rings is 2. The zero-order valence-corrected chi connectivity index (χ0v) is 11.4. The lowest BCUT2D eigenvalue weighted by molar-refractivity contribution is 0.102. The van der Waals surface area contributed by atoms with Crippen molar-refractivity contribution in [3.63, 3.8) is 0 Å². The van der Waals surface area contributed by atoms with E-state index in [1.165, 1.54) is 18.2 Å². The molecule has 2 N–H and O–H groups in total. The van der Waals surface area contributed by atoms with E-state index < -0.39 is 0 Å². The van der Waals surface area contributed by atoms with Crippen molar-refractivity contribution in [2.75, 3.05) is 5.32 Å². The van der Waals surface area contributed by atoms with Crippen molar-refractivity contribution < 1.29 is 9.90 Å². The molecule has 0 aliphatic rings. The number of carbonyl (C=O) groups excluding carboxylic acids is 1. The van der Waals surface area contributed by atoms with Crippen LogP contribution in [-0.4, -0.2) is 11.0 Å². The summed E-state index contributed by atoms with van der Waals surface area (Å²) in [7, 11) is 0. The summed E-state index contributed by atoms with van der Waals surface area (Å²) < 4.78 is 0. The van der Waals surface area contributed by atoms with Gasteiger partial charge in [0.05, 0.1) is 22.3 Å². The first-order valence-electron chi connectivity index (χ1n) is 5.82. The van der Waals surface area contributed by atoms with Crippen LogP contribution in [0, 0.1) is 18.3 Å². The molecule has 0 spiro atoms. The van der Waals surface area contributed by atoms with Gasteiger partial charge in [-0.25, -0.2) is 0 Å². The number of hydrogen-bond acceptors (Lipinski definition) is 3. The van der Waals surface area contributed by atoms with Gasteiger partial charge in [-0.1, -0.05) is 11.6 Å². The third-order valence-corrected chi connectivity index (χ3v) is 3.12. The van der Waals surface area contributed by atoms with Gasteiger partial charge in [0.2, 0.25) is 0 Å². The van der Waals surface area contributed by atoms with Gasteiger partial charge in [-0.05, 0) is 48.9 Å². The molecule has 4 nitrogen and oxygen atoms in total. The third kappa shape index (κ3) is 2.90. The standard InChI is InChI=1S/C15H11ClN2O2/c1-9-6-11(3-5-14(9)19)15(20)18-13-4-2-10(8-17)7-12(13)16/h2-7,19H,1H3,(H,18,20). The molecule has 0 unspecified atom stereocenters. The number of phenolic OH excluding ortho intramolecular Hbond substituents is 1. The number of anilines is 1. The smallest absolute Gasteiger partial charge is 0.255 e. The zero-order valence-electron chi connectivity index (χ0n) is 10.6. The van der Waals surface area contributed by atoms with Gasteiger partial charge in [0.15, 0.2) is 0 Å². The molecular formula is C15H11ClN2O2. The number of aryl methyl sites for hydroxylation is 1. The van der Waals surface area contributed by atoms with Crippen molar-refractivity contribution >= 4 is 23.2 Å². The first kappa shape index (κ1) is 13.9. The summed E-state index contributed by atoms with van der Waals surface area (Å²) in [4.78, 5) is 12.1. The summed E-state index contributed by atoms with van der Waals surface area (Å²) in [5, 5.41) is 21.1. The van der Waals surface area contributed by atoms with Gasteiger partial charge in [-0.3, -0.25) is 4.79 Å². The number of halogens is 1. The quantitative estimate of drug-likeness (QED) is 0.887. The monoisotopic (exact) mass is 286 g/mol. The van der Waals surface area contributed by atoms with E-state index in [1.54, 1.807) is 25.1 Å². The summed E-state index contributed by atoms with van der Waals surface area (Å²) in [5.41, 5.74) is 1.89. The molecule has 0 radical (unpaired) electrons. The average molecular weight is 287 g/mol. The van der Waals surface area contributed by atoms with Crippen molar-refractivity contribution in [3.05, 3.63) is 58.1 Å². The summed E-state index contributed by atoms with van der Waals surface area (Å²) in [6, 6.07) is 11.2. The number of nitrogens with zero attached hydrogens (tertiary/aromatic N) is 1. The lowest BCUT2D eigenvalue weighted by Gasteiger charge is -2.08. The number of amides is 1. The van der Waals surface area contributed by atoms with Crippen LogP contribution in [0.5, 0.6) is 5.75 Å². The van der Waals surface area contributed by atoms with E-state index in [-0.39, 0.29) is 11.7 Å². The molecule has 2 aromatic rings. The van der Waals surface area contributed by atoms with Crippen molar-refractivity contribution in [1.82, 2.24) is 0 Å². The minimum atomic E-state index is -0.334. The second-order valence-corrected chi connectivity index (χ2v) is 4.67. The van der Waals surface area contributed by atoms with Gasteiger partial charge >= 0.3 is 0 Å². The molecule has 0 aromatic heterocycles. The van der Waals surface area contributed by atoms with Crippen molar-refractivity contribution in [2.45, 2.75) is 6.92 Å². The SMILES string of the molecule is Cc1cc(C(=O)Nc2ccc(C#N)cc2Cl)ccc1O. The van der Waals surface area contributed by atoms with Crippen molar-refractivity contribution in [3.8, 4) is 11.8 Å². The lowest BCUT2D eigenvalue weighted by Crippen LogP contribution is -2.12. The van der Waals surface area contributed by atoms with E-state index in [9.17, 15) is 9.90 Å². The molecule has 0 atom stereocenters. The summed E-state index contributed by atoms with van der Waals surface area (Å²) in [6.07, 6.45) is 0. The Balaban J connectivity index is 2.23. The predicted molar refractivity (Wildman–Crippen MR) is 77.0 cm³/mol. The second-order valence-electron chi connectivity index (χ2n) is 4.26. The number of phenols is 1. The Labute approximate surface area is 121 Å². The topological polar surface area (TPSA) is 73.1 Å². The minimum Gasteiger partial charge on any atom is -0.508 e. The van der Waals surface area contributed by atoms with Crippen LogP contribution in [0.4, 0.5) is 5.69 Å². The molecule has 0 aliphatic carbocycles. The lowest BCUT2D eigenvalue weighted by atomic mass is 10.1. The largest absolute Gasteiger partial charge is 0.508 e. The summed E-state index contributed by atoms with van der Waals surface area (Å²) >= 11 is 5.99. The van der Waals surface area contributed by atoms with Gasteiger partial charge < -0.3 is 10.4 Å². The number of aromatic hydroxyl groups is 1. The molecule has 0 fully saturated rings. The highest BCUT2D eigenvalue weighted by atomic mass is 35.5. The average Bonchev–Trinajstić information content (AvgIpc) is 2.43. The maximum Gasteiger partial charge on any atom is 0.255 e. The Kier molecular flexibility index (Phi) is 3.92. The van der Waals surface area contributed by atoms with Crippen LogP contribution in [0.15, 0.2) is 36.4 Å². The maximum atomic E-state index is 12.1. The molecule has 2 rings (SSSR count). The van der Waals surface area contributed by atoms with E-state index in [1.807, 2.05) is 6.07 Å². The molecule has 0 saturated heterocycles. The molecule has 0 saturated carbocycles.